The summed E-state index contributed by atoms with van der Waals surface area (Å²) in [5.41, 5.74) is 2.18. The molecule has 3 aromatic rings. The fourth-order valence-corrected chi connectivity index (χ4v) is 2.23. The second kappa shape index (κ2) is 5.42. The number of nitrogens with zero attached hydrogens (tertiary/aromatic N) is 3. The largest absolute Gasteiger partial charge is 0.457 e. The first kappa shape index (κ1) is 12.8. The van der Waals surface area contributed by atoms with Gasteiger partial charge in [0.15, 0.2) is 0 Å². The highest BCUT2D eigenvalue weighted by Crippen LogP contribution is 2.12. The fourth-order valence-electron chi connectivity index (χ4n) is 1.81. The molecule has 20 heavy (non-hydrogen) atoms. The second-order valence-electron chi connectivity index (χ2n) is 4.23. The van der Waals surface area contributed by atoms with E-state index in [1.165, 1.54) is 0 Å². The van der Waals surface area contributed by atoms with Gasteiger partial charge in [-0.3, -0.25) is 4.98 Å². The van der Waals surface area contributed by atoms with Crippen molar-refractivity contribution in [1.29, 1.82) is 0 Å². The third-order valence-corrected chi connectivity index (χ3v) is 3.21. The van der Waals surface area contributed by atoms with E-state index in [0.717, 1.165) is 15.6 Å². The molecule has 0 unspecified atom stereocenters. The lowest BCUT2D eigenvalue weighted by molar-refractivity contribution is 0.0472. The number of ether oxygens (including phenoxy) is 1. The molecular formula is C14H10BrN3O2. The van der Waals surface area contributed by atoms with Crippen LogP contribution in [-0.2, 0) is 11.3 Å². The van der Waals surface area contributed by atoms with Crippen molar-refractivity contribution in [2.24, 2.45) is 0 Å². The van der Waals surface area contributed by atoms with Crippen LogP contribution < -0.4 is 0 Å². The molecule has 0 saturated carbocycles. The summed E-state index contributed by atoms with van der Waals surface area (Å²) in [5.74, 6) is -0.367. The van der Waals surface area contributed by atoms with E-state index in [1.807, 2.05) is 10.5 Å². The molecule has 0 aliphatic heterocycles. The molecule has 0 amide bonds. The van der Waals surface area contributed by atoms with Gasteiger partial charge in [0.2, 0.25) is 0 Å². The molecule has 0 fully saturated rings. The summed E-state index contributed by atoms with van der Waals surface area (Å²) in [4.78, 5) is 20.0. The normalized spacial score (nSPS) is 10.7. The minimum Gasteiger partial charge on any atom is -0.457 e. The van der Waals surface area contributed by atoms with Crippen LogP contribution in [0.2, 0.25) is 0 Å². The van der Waals surface area contributed by atoms with Crippen LogP contribution in [0.1, 0.15) is 15.9 Å². The highest BCUT2D eigenvalue weighted by molar-refractivity contribution is 9.10. The van der Waals surface area contributed by atoms with Crippen LogP contribution in [0.4, 0.5) is 0 Å². The Labute approximate surface area is 123 Å². The lowest BCUT2D eigenvalue weighted by atomic mass is 10.2. The zero-order valence-electron chi connectivity index (χ0n) is 10.4. The highest BCUT2D eigenvalue weighted by atomic mass is 79.9. The molecule has 0 radical (unpaired) electrons. The number of esters is 1. The second-order valence-corrected chi connectivity index (χ2v) is 5.14. The van der Waals surface area contributed by atoms with Crippen LogP contribution in [0.3, 0.4) is 0 Å². The van der Waals surface area contributed by atoms with E-state index in [-0.39, 0.29) is 12.6 Å². The van der Waals surface area contributed by atoms with E-state index in [9.17, 15) is 4.79 Å². The van der Waals surface area contributed by atoms with Gasteiger partial charge in [-0.15, -0.1) is 0 Å². The number of imidazole rings is 1. The van der Waals surface area contributed by atoms with Gasteiger partial charge in [0.25, 0.3) is 0 Å². The van der Waals surface area contributed by atoms with Crippen molar-refractivity contribution in [3.8, 4) is 0 Å². The number of hydrogen-bond donors (Lipinski definition) is 0. The van der Waals surface area contributed by atoms with Crippen molar-refractivity contribution >= 4 is 27.4 Å². The summed E-state index contributed by atoms with van der Waals surface area (Å²) in [6.45, 7) is 0.190. The predicted molar refractivity (Wildman–Crippen MR) is 76.2 cm³/mol. The molecule has 5 nitrogen and oxygen atoms in total. The molecule has 0 saturated heterocycles. The lowest BCUT2D eigenvalue weighted by Gasteiger charge is -2.05. The molecule has 0 spiro atoms. The topological polar surface area (TPSA) is 56.5 Å². The van der Waals surface area contributed by atoms with E-state index < -0.39 is 0 Å². The van der Waals surface area contributed by atoms with Gasteiger partial charge < -0.3 is 9.14 Å². The number of pyridine rings is 2. The van der Waals surface area contributed by atoms with E-state index in [1.54, 1.807) is 43.2 Å². The molecule has 100 valence electrons. The van der Waals surface area contributed by atoms with Gasteiger partial charge in [0.1, 0.15) is 6.61 Å². The van der Waals surface area contributed by atoms with Gasteiger partial charge in [-0.2, -0.15) is 0 Å². The Morgan fingerprint density at radius 2 is 2.15 bits per heavy atom. The standard InChI is InChI=1S/C14H10BrN3O2/c15-12-3-10(5-16-6-12)8-20-14(19)11-1-2-18-9-17-7-13(18)4-11/h1-7,9H,8H2. The Balaban J connectivity index is 1.72. The SMILES string of the molecule is O=C(OCc1cncc(Br)c1)c1ccn2cncc2c1. The molecule has 0 aliphatic carbocycles. The van der Waals surface area contributed by atoms with Crippen molar-refractivity contribution in [2.45, 2.75) is 6.61 Å². The quantitative estimate of drug-likeness (QED) is 0.692. The zero-order chi connectivity index (χ0) is 13.9. The summed E-state index contributed by atoms with van der Waals surface area (Å²) in [6, 6.07) is 5.31. The molecule has 0 aromatic carbocycles. The van der Waals surface area contributed by atoms with Crippen molar-refractivity contribution in [3.05, 3.63) is 64.9 Å². The zero-order valence-corrected chi connectivity index (χ0v) is 11.9. The van der Waals surface area contributed by atoms with Crippen LogP contribution in [0.15, 0.2) is 53.8 Å². The maximum absolute atomic E-state index is 12.0. The maximum atomic E-state index is 12.0. The summed E-state index contributed by atoms with van der Waals surface area (Å²) in [5, 5.41) is 0. The van der Waals surface area contributed by atoms with E-state index >= 15 is 0 Å². The predicted octanol–water partition coefficient (Wildman–Crippen LogP) is 2.85. The number of aromatic nitrogens is 3. The van der Waals surface area contributed by atoms with Gasteiger partial charge >= 0.3 is 5.97 Å². The minimum atomic E-state index is -0.367. The van der Waals surface area contributed by atoms with Crippen molar-refractivity contribution in [2.75, 3.05) is 0 Å². The van der Waals surface area contributed by atoms with E-state index in [4.69, 9.17) is 4.74 Å². The molecule has 3 rings (SSSR count). The Morgan fingerprint density at radius 3 is 3.00 bits per heavy atom. The third-order valence-electron chi connectivity index (χ3n) is 2.78. The average molecular weight is 332 g/mol. The molecular weight excluding hydrogens is 322 g/mol. The maximum Gasteiger partial charge on any atom is 0.338 e. The molecule has 3 aromatic heterocycles. The van der Waals surface area contributed by atoms with Crippen molar-refractivity contribution in [1.82, 2.24) is 14.4 Å². The molecule has 6 heteroatoms. The number of halogens is 1. The van der Waals surface area contributed by atoms with Crippen LogP contribution in [0, 0.1) is 0 Å². The average Bonchev–Trinajstić information content (AvgIpc) is 2.92. The molecule has 0 bridgehead atoms. The van der Waals surface area contributed by atoms with E-state index in [2.05, 4.69) is 25.9 Å². The fraction of sp³-hybridized carbons (Fsp3) is 0.0714. The van der Waals surface area contributed by atoms with Gasteiger partial charge in [-0.25, -0.2) is 9.78 Å². The summed E-state index contributed by atoms with van der Waals surface area (Å²) < 4.78 is 7.95. The first-order valence-electron chi connectivity index (χ1n) is 5.90. The first-order chi connectivity index (χ1) is 9.72. The Morgan fingerprint density at radius 1 is 1.25 bits per heavy atom. The van der Waals surface area contributed by atoms with E-state index in [0.29, 0.717) is 5.56 Å². The summed E-state index contributed by atoms with van der Waals surface area (Å²) >= 11 is 3.32. The van der Waals surface area contributed by atoms with Crippen LogP contribution >= 0.6 is 15.9 Å². The minimum absolute atomic E-state index is 0.190. The van der Waals surface area contributed by atoms with Gasteiger partial charge in [-0.1, -0.05) is 0 Å². The van der Waals surface area contributed by atoms with Crippen LogP contribution in [-0.4, -0.2) is 20.3 Å². The lowest BCUT2D eigenvalue weighted by Crippen LogP contribution is -2.05. The monoisotopic (exact) mass is 331 g/mol. The number of carbonyl (C=O) groups excluding carboxylic acids is 1. The first-order valence-corrected chi connectivity index (χ1v) is 6.70. The Kier molecular flexibility index (Phi) is 3.47. The van der Waals surface area contributed by atoms with Gasteiger partial charge in [0, 0.05) is 28.6 Å². The third kappa shape index (κ3) is 2.70. The Hall–Kier alpha value is -2.21. The van der Waals surface area contributed by atoms with Crippen molar-refractivity contribution in [3.63, 3.8) is 0 Å². The van der Waals surface area contributed by atoms with Crippen LogP contribution in [0.25, 0.3) is 5.52 Å². The molecule has 3 heterocycles. The molecule has 0 aliphatic rings. The number of fused-ring (bicyclic) bond motifs is 1. The van der Waals surface area contributed by atoms with Crippen molar-refractivity contribution < 1.29 is 9.53 Å². The number of carbonyl (C=O) groups is 1. The van der Waals surface area contributed by atoms with Gasteiger partial charge in [-0.05, 0) is 34.1 Å². The van der Waals surface area contributed by atoms with Crippen LogP contribution in [0.5, 0.6) is 0 Å². The molecule has 0 atom stereocenters. The number of hydrogen-bond acceptors (Lipinski definition) is 4. The smallest absolute Gasteiger partial charge is 0.338 e. The van der Waals surface area contributed by atoms with Gasteiger partial charge in [0.05, 0.1) is 23.6 Å². The Bertz CT molecular complexity index is 770. The molecule has 0 N–H and O–H groups in total. The summed E-state index contributed by atoms with van der Waals surface area (Å²) in [7, 11) is 0. The highest BCUT2D eigenvalue weighted by Gasteiger charge is 2.08. The summed E-state index contributed by atoms with van der Waals surface area (Å²) in [6.07, 6.45) is 8.49. The number of rotatable bonds is 3.